The van der Waals surface area contributed by atoms with Crippen molar-refractivity contribution in [2.24, 2.45) is 0 Å². The average Bonchev–Trinajstić information content (AvgIpc) is 2.33. The molecule has 9 nitrogen and oxygen atoms in total. The molecular formula is C11H10O9. The van der Waals surface area contributed by atoms with Gasteiger partial charge in [-0.25, -0.2) is 9.59 Å². The lowest BCUT2D eigenvalue weighted by Crippen LogP contribution is -2.29. The van der Waals surface area contributed by atoms with Gasteiger partial charge in [0, 0.05) is 0 Å². The van der Waals surface area contributed by atoms with E-state index in [1.807, 2.05) is 0 Å². The molecule has 1 unspecified atom stereocenters. The second-order valence-electron chi connectivity index (χ2n) is 3.69. The van der Waals surface area contributed by atoms with E-state index in [1.165, 1.54) is 0 Å². The largest absolute Gasteiger partial charge is 0.504 e. The Morgan fingerprint density at radius 1 is 1.05 bits per heavy atom. The van der Waals surface area contributed by atoms with E-state index in [0.717, 1.165) is 12.1 Å². The second-order valence-corrected chi connectivity index (χ2v) is 3.69. The first-order valence-electron chi connectivity index (χ1n) is 5.13. The number of carbonyl (C=O) groups is 3. The number of ether oxygens (including phenoxy) is 1. The minimum atomic E-state index is -1.92. The molecule has 0 aromatic heterocycles. The summed E-state index contributed by atoms with van der Waals surface area (Å²) in [6, 6.07) is 1.47. The fourth-order valence-corrected chi connectivity index (χ4v) is 1.26. The van der Waals surface area contributed by atoms with Gasteiger partial charge in [0.1, 0.15) is 0 Å². The lowest BCUT2D eigenvalue weighted by Gasteiger charge is -2.12. The van der Waals surface area contributed by atoms with Crippen LogP contribution in [0.3, 0.4) is 0 Å². The number of hydrogen-bond donors (Lipinski definition) is 5. The molecule has 0 amide bonds. The monoisotopic (exact) mass is 286 g/mol. The molecule has 0 spiro atoms. The Morgan fingerprint density at radius 3 is 1.95 bits per heavy atom. The van der Waals surface area contributed by atoms with Gasteiger partial charge in [-0.3, -0.25) is 4.79 Å². The molecule has 0 bridgehead atoms. The number of phenolic OH excluding ortho intramolecular Hbond substituents is 3. The van der Waals surface area contributed by atoms with Gasteiger partial charge in [-0.05, 0) is 12.1 Å². The van der Waals surface area contributed by atoms with Gasteiger partial charge in [0.15, 0.2) is 17.2 Å². The molecule has 20 heavy (non-hydrogen) atoms. The minimum Gasteiger partial charge on any atom is -0.504 e. The van der Waals surface area contributed by atoms with Gasteiger partial charge in [-0.15, -0.1) is 0 Å². The first-order chi connectivity index (χ1) is 9.22. The smallest absolute Gasteiger partial charge is 0.345 e. The number of phenols is 3. The first kappa shape index (κ1) is 15.1. The molecule has 0 heterocycles. The first-order valence-corrected chi connectivity index (χ1v) is 5.13. The van der Waals surface area contributed by atoms with E-state index in [0.29, 0.717) is 0 Å². The predicted molar refractivity (Wildman–Crippen MR) is 60.5 cm³/mol. The van der Waals surface area contributed by atoms with Crippen molar-refractivity contribution >= 4 is 17.9 Å². The lowest BCUT2D eigenvalue weighted by molar-refractivity contribution is -0.153. The van der Waals surface area contributed by atoms with Crippen LogP contribution in [0.1, 0.15) is 16.8 Å². The van der Waals surface area contributed by atoms with Crippen LogP contribution in [0.2, 0.25) is 0 Å². The number of rotatable bonds is 5. The van der Waals surface area contributed by atoms with E-state index >= 15 is 0 Å². The summed E-state index contributed by atoms with van der Waals surface area (Å²) in [6.07, 6.45) is -2.87. The van der Waals surface area contributed by atoms with Gasteiger partial charge in [-0.1, -0.05) is 0 Å². The summed E-state index contributed by atoms with van der Waals surface area (Å²) in [5, 5.41) is 44.6. The van der Waals surface area contributed by atoms with E-state index in [1.54, 1.807) is 0 Å². The summed E-state index contributed by atoms with van der Waals surface area (Å²) >= 11 is 0. The van der Waals surface area contributed by atoms with E-state index in [2.05, 4.69) is 4.74 Å². The Kier molecular flexibility index (Phi) is 4.36. The maximum atomic E-state index is 11.6. The van der Waals surface area contributed by atoms with Gasteiger partial charge in [-0.2, -0.15) is 0 Å². The molecule has 1 atom stereocenters. The van der Waals surface area contributed by atoms with Crippen LogP contribution in [0.4, 0.5) is 0 Å². The molecule has 0 aliphatic rings. The van der Waals surface area contributed by atoms with Crippen molar-refractivity contribution in [3.63, 3.8) is 0 Å². The summed E-state index contributed by atoms with van der Waals surface area (Å²) in [7, 11) is 0. The SMILES string of the molecule is O=C(O)CC(OC(=O)c1cc(O)c(O)c(O)c1)C(=O)O. The van der Waals surface area contributed by atoms with Gasteiger partial charge in [0.05, 0.1) is 12.0 Å². The third-order valence-electron chi connectivity index (χ3n) is 2.19. The van der Waals surface area contributed by atoms with Crippen molar-refractivity contribution in [1.82, 2.24) is 0 Å². The third-order valence-corrected chi connectivity index (χ3v) is 2.19. The van der Waals surface area contributed by atoms with Crippen LogP contribution in [0.5, 0.6) is 17.2 Å². The number of carbonyl (C=O) groups excluding carboxylic acids is 1. The summed E-state index contributed by atoms with van der Waals surface area (Å²) in [6.45, 7) is 0. The standard InChI is InChI=1S/C11H10O9/c12-5-1-4(2-6(13)9(5)16)11(19)20-7(10(17)18)3-8(14)15/h1-2,7,12-13,16H,3H2,(H,14,15)(H,17,18). The summed E-state index contributed by atoms with van der Waals surface area (Å²) < 4.78 is 4.44. The summed E-state index contributed by atoms with van der Waals surface area (Å²) in [5.41, 5.74) is -0.450. The van der Waals surface area contributed by atoms with E-state index < -0.39 is 53.2 Å². The van der Waals surface area contributed by atoms with Crippen molar-refractivity contribution in [2.75, 3.05) is 0 Å². The molecule has 0 saturated heterocycles. The Labute approximate surface area is 111 Å². The fraction of sp³-hybridized carbons (Fsp3) is 0.182. The molecule has 0 aliphatic heterocycles. The van der Waals surface area contributed by atoms with Crippen molar-refractivity contribution in [3.8, 4) is 17.2 Å². The van der Waals surface area contributed by atoms with Crippen molar-refractivity contribution in [1.29, 1.82) is 0 Å². The Balaban J connectivity index is 2.95. The van der Waals surface area contributed by atoms with E-state index in [4.69, 9.17) is 15.3 Å². The number of aliphatic carboxylic acids is 2. The van der Waals surface area contributed by atoms with Crippen LogP contribution >= 0.6 is 0 Å². The Hall–Kier alpha value is -2.97. The van der Waals surface area contributed by atoms with Crippen LogP contribution in [0, 0.1) is 0 Å². The Morgan fingerprint density at radius 2 is 1.55 bits per heavy atom. The highest BCUT2D eigenvalue weighted by Crippen LogP contribution is 2.35. The van der Waals surface area contributed by atoms with Crippen molar-refractivity contribution in [3.05, 3.63) is 17.7 Å². The number of benzene rings is 1. The zero-order valence-electron chi connectivity index (χ0n) is 9.81. The molecule has 0 fully saturated rings. The number of hydrogen-bond acceptors (Lipinski definition) is 7. The molecule has 0 saturated carbocycles. The minimum absolute atomic E-state index is 0.450. The average molecular weight is 286 g/mol. The maximum Gasteiger partial charge on any atom is 0.345 e. The number of carboxylic acids is 2. The second kappa shape index (κ2) is 5.78. The number of aromatic hydroxyl groups is 3. The molecular weight excluding hydrogens is 276 g/mol. The van der Waals surface area contributed by atoms with Crippen LogP contribution in [-0.4, -0.2) is 49.5 Å². The Bertz CT molecular complexity index is 540. The molecule has 1 aromatic rings. The fourth-order valence-electron chi connectivity index (χ4n) is 1.26. The zero-order chi connectivity index (χ0) is 15.4. The highest BCUT2D eigenvalue weighted by molar-refractivity contribution is 5.93. The van der Waals surface area contributed by atoms with Crippen molar-refractivity contribution in [2.45, 2.75) is 12.5 Å². The number of esters is 1. The highest BCUT2D eigenvalue weighted by atomic mass is 16.6. The zero-order valence-corrected chi connectivity index (χ0v) is 9.81. The quantitative estimate of drug-likeness (QED) is 0.367. The molecule has 0 radical (unpaired) electrons. The molecule has 9 heteroatoms. The summed E-state index contributed by atoms with van der Waals surface area (Å²) in [4.78, 5) is 32.7. The van der Waals surface area contributed by atoms with Crippen LogP contribution in [-0.2, 0) is 14.3 Å². The van der Waals surface area contributed by atoms with E-state index in [9.17, 15) is 24.6 Å². The van der Waals surface area contributed by atoms with Crippen LogP contribution in [0.15, 0.2) is 12.1 Å². The van der Waals surface area contributed by atoms with Crippen molar-refractivity contribution < 1.29 is 44.7 Å². The molecule has 0 aliphatic carbocycles. The maximum absolute atomic E-state index is 11.6. The highest BCUT2D eigenvalue weighted by Gasteiger charge is 2.26. The molecule has 1 aromatic carbocycles. The lowest BCUT2D eigenvalue weighted by atomic mass is 10.2. The molecule has 108 valence electrons. The van der Waals surface area contributed by atoms with Gasteiger partial charge in [0.25, 0.3) is 0 Å². The molecule has 1 rings (SSSR count). The number of carboxylic acid groups (broad SMARTS) is 2. The van der Waals surface area contributed by atoms with Gasteiger partial charge < -0.3 is 30.3 Å². The molecule has 5 N–H and O–H groups in total. The van der Waals surface area contributed by atoms with Gasteiger partial charge in [0.2, 0.25) is 6.10 Å². The van der Waals surface area contributed by atoms with Crippen LogP contribution in [0.25, 0.3) is 0 Å². The van der Waals surface area contributed by atoms with Gasteiger partial charge >= 0.3 is 17.9 Å². The van der Waals surface area contributed by atoms with E-state index in [-0.39, 0.29) is 0 Å². The predicted octanol–water partition coefficient (Wildman–Crippen LogP) is -0.112. The normalized spacial score (nSPS) is 11.6. The third kappa shape index (κ3) is 3.51. The summed E-state index contributed by atoms with van der Waals surface area (Å²) in [5.74, 6) is -6.91. The van der Waals surface area contributed by atoms with Crippen LogP contribution < -0.4 is 0 Å². The topological polar surface area (TPSA) is 162 Å².